The number of morpholine rings is 1. The maximum Gasteiger partial charge on any atom is 0.254 e. The molecule has 3 aromatic rings. The van der Waals surface area contributed by atoms with Crippen LogP contribution in [0, 0.1) is 0 Å². The van der Waals surface area contributed by atoms with Gasteiger partial charge in [-0.15, -0.1) is 0 Å². The van der Waals surface area contributed by atoms with E-state index in [-0.39, 0.29) is 11.7 Å². The van der Waals surface area contributed by atoms with Crippen molar-refractivity contribution in [3.05, 3.63) is 72.6 Å². The molecule has 1 amide bonds. The average molecular weight is 390 g/mol. The number of ether oxygens (including phenoxy) is 1. The number of hydrogen-bond donors (Lipinski definition) is 2. The molecule has 0 spiro atoms. The van der Waals surface area contributed by atoms with Crippen molar-refractivity contribution in [2.24, 2.45) is 0 Å². The van der Waals surface area contributed by atoms with Crippen molar-refractivity contribution >= 4 is 11.6 Å². The Labute approximate surface area is 169 Å². The lowest BCUT2D eigenvalue weighted by Crippen LogP contribution is -2.47. The Morgan fingerprint density at radius 2 is 1.93 bits per heavy atom. The number of rotatable bonds is 5. The number of carbonyl (C=O) groups is 1. The van der Waals surface area contributed by atoms with Crippen LogP contribution in [-0.2, 0) is 16.1 Å². The third-order valence-electron chi connectivity index (χ3n) is 4.72. The van der Waals surface area contributed by atoms with Gasteiger partial charge in [0, 0.05) is 25.2 Å². The van der Waals surface area contributed by atoms with Gasteiger partial charge in [-0.05, 0) is 17.7 Å². The molecule has 2 aromatic carbocycles. The number of phenolic OH excluding ortho intramolecular Hbond substituents is 1. The van der Waals surface area contributed by atoms with Crippen molar-refractivity contribution in [3.8, 4) is 17.1 Å². The van der Waals surface area contributed by atoms with Crippen LogP contribution in [0.3, 0.4) is 0 Å². The Morgan fingerprint density at radius 1 is 1.14 bits per heavy atom. The predicted molar refractivity (Wildman–Crippen MR) is 109 cm³/mol. The lowest BCUT2D eigenvalue weighted by Gasteiger charge is -2.32. The van der Waals surface area contributed by atoms with Crippen molar-refractivity contribution in [2.75, 3.05) is 25.0 Å². The average Bonchev–Trinajstić information content (AvgIpc) is 2.75. The van der Waals surface area contributed by atoms with Crippen molar-refractivity contribution in [3.63, 3.8) is 0 Å². The van der Waals surface area contributed by atoms with Crippen LogP contribution in [0.4, 0.5) is 5.69 Å². The van der Waals surface area contributed by atoms with Gasteiger partial charge in [-0.25, -0.2) is 9.97 Å². The Kier molecular flexibility index (Phi) is 5.79. The minimum atomic E-state index is -0.543. The lowest BCUT2D eigenvalue weighted by atomic mass is 10.2. The quantitative estimate of drug-likeness (QED) is 0.697. The smallest absolute Gasteiger partial charge is 0.254 e. The first-order valence-electron chi connectivity index (χ1n) is 9.47. The van der Waals surface area contributed by atoms with Crippen LogP contribution in [0.15, 0.2) is 67.0 Å². The second kappa shape index (κ2) is 8.81. The SMILES string of the molecule is O=C(Nc1cnc(-c2cccc(O)c2)nc1)C1CN(Cc2ccccc2)CCO1. The fourth-order valence-corrected chi connectivity index (χ4v) is 3.26. The van der Waals surface area contributed by atoms with Crippen molar-refractivity contribution in [2.45, 2.75) is 12.6 Å². The number of benzene rings is 2. The van der Waals surface area contributed by atoms with Crippen LogP contribution in [0.1, 0.15) is 5.56 Å². The van der Waals surface area contributed by atoms with E-state index >= 15 is 0 Å². The van der Waals surface area contributed by atoms with Gasteiger partial charge in [0.25, 0.3) is 5.91 Å². The highest BCUT2D eigenvalue weighted by atomic mass is 16.5. The number of hydrogen-bond acceptors (Lipinski definition) is 6. The van der Waals surface area contributed by atoms with E-state index in [0.29, 0.717) is 30.2 Å². The molecule has 1 aliphatic heterocycles. The molecular formula is C22H22N4O3. The van der Waals surface area contributed by atoms with Gasteiger partial charge in [-0.2, -0.15) is 0 Å². The maximum absolute atomic E-state index is 12.6. The maximum atomic E-state index is 12.6. The fourth-order valence-electron chi connectivity index (χ4n) is 3.26. The van der Waals surface area contributed by atoms with Crippen LogP contribution < -0.4 is 5.32 Å². The highest BCUT2D eigenvalue weighted by molar-refractivity contribution is 5.94. The molecule has 29 heavy (non-hydrogen) atoms. The van der Waals surface area contributed by atoms with Crippen LogP contribution in [0.25, 0.3) is 11.4 Å². The van der Waals surface area contributed by atoms with Crippen LogP contribution in [0.2, 0.25) is 0 Å². The zero-order valence-corrected chi connectivity index (χ0v) is 15.9. The Hall–Kier alpha value is -3.29. The van der Waals surface area contributed by atoms with E-state index in [0.717, 1.165) is 13.1 Å². The Morgan fingerprint density at radius 3 is 2.69 bits per heavy atom. The molecule has 7 nitrogen and oxygen atoms in total. The number of phenols is 1. The third kappa shape index (κ3) is 4.96. The van der Waals surface area contributed by atoms with Crippen LogP contribution >= 0.6 is 0 Å². The minimum Gasteiger partial charge on any atom is -0.508 e. The number of amides is 1. The summed E-state index contributed by atoms with van der Waals surface area (Å²) in [5.41, 5.74) is 2.42. The molecule has 7 heteroatoms. The zero-order valence-electron chi connectivity index (χ0n) is 15.9. The van der Waals surface area contributed by atoms with Gasteiger partial charge in [-0.3, -0.25) is 9.69 Å². The molecular weight excluding hydrogens is 368 g/mol. The second-order valence-corrected chi connectivity index (χ2v) is 6.92. The van der Waals surface area contributed by atoms with E-state index in [4.69, 9.17) is 4.74 Å². The number of anilines is 1. The number of aromatic nitrogens is 2. The topological polar surface area (TPSA) is 87.6 Å². The van der Waals surface area contributed by atoms with E-state index in [2.05, 4.69) is 32.3 Å². The van der Waals surface area contributed by atoms with E-state index < -0.39 is 6.10 Å². The van der Waals surface area contributed by atoms with Gasteiger partial charge < -0.3 is 15.2 Å². The Bertz CT molecular complexity index is 963. The van der Waals surface area contributed by atoms with Gasteiger partial charge in [0.05, 0.1) is 24.7 Å². The van der Waals surface area contributed by atoms with Gasteiger partial charge >= 0.3 is 0 Å². The molecule has 0 saturated carbocycles. The third-order valence-corrected chi connectivity index (χ3v) is 4.72. The van der Waals surface area contributed by atoms with Gasteiger partial charge in [0.15, 0.2) is 5.82 Å². The zero-order chi connectivity index (χ0) is 20.1. The highest BCUT2D eigenvalue weighted by Crippen LogP contribution is 2.20. The van der Waals surface area contributed by atoms with Crippen molar-refractivity contribution in [1.82, 2.24) is 14.9 Å². The summed E-state index contributed by atoms with van der Waals surface area (Å²) in [5, 5.41) is 12.4. The molecule has 1 aliphatic rings. The lowest BCUT2D eigenvalue weighted by molar-refractivity contribution is -0.133. The van der Waals surface area contributed by atoms with E-state index in [9.17, 15) is 9.90 Å². The number of nitrogens with zero attached hydrogens (tertiary/aromatic N) is 3. The molecule has 0 aliphatic carbocycles. The molecule has 1 aromatic heterocycles. The standard InChI is InChI=1S/C22H22N4O3/c27-19-8-4-7-17(11-19)21-23-12-18(13-24-21)25-22(28)20-15-26(9-10-29-20)14-16-5-2-1-3-6-16/h1-8,11-13,20,27H,9-10,14-15H2,(H,25,28). The second-order valence-electron chi connectivity index (χ2n) is 6.92. The number of aromatic hydroxyl groups is 1. The van der Waals surface area contributed by atoms with E-state index in [1.54, 1.807) is 30.6 Å². The summed E-state index contributed by atoms with van der Waals surface area (Å²) >= 11 is 0. The summed E-state index contributed by atoms with van der Waals surface area (Å²) in [7, 11) is 0. The molecule has 1 atom stereocenters. The molecule has 1 saturated heterocycles. The molecule has 2 heterocycles. The molecule has 4 rings (SSSR count). The van der Waals surface area contributed by atoms with Gasteiger partial charge in [0.1, 0.15) is 11.9 Å². The minimum absolute atomic E-state index is 0.151. The van der Waals surface area contributed by atoms with Gasteiger partial charge in [-0.1, -0.05) is 42.5 Å². The molecule has 0 radical (unpaired) electrons. The summed E-state index contributed by atoms with van der Waals surface area (Å²) < 4.78 is 5.66. The Balaban J connectivity index is 1.36. The summed E-state index contributed by atoms with van der Waals surface area (Å²) in [6.07, 6.45) is 2.56. The molecule has 2 N–H and O–H groups in total. The molecule has 1 unspecified atom stereocenters. The first-order valence-corrected chi connectivity index (χ1v) is 9.47. The predicted octanol–water partition coefficient (Wildman–Crippen LogP) is 2.69. The van der Waals surface area contributed by atoms with Crippen molar-refractivity contribution in [1.29, 1.82) is 0 Å². The number of nitrogens with one attached hydrogen (secondary N) is 1. The van der Waals surface area contributed by atoms with Crippen LogP contribution in [-0.4, -0.2) is 51.7 Å². The summed E-state index contributed by atoms with van der Waals surface area (Å²) in [6.45, 7) is 2.62. The fraction of sp³-hybridized carbons (Fsp3) is 0.227. The summed E-state index contributed by atoms with van der Waals surface area (Å²) in [5.74, 6) is 0.413. The van der Waals surface area contributed by atoms with E-state index in [1.807, 2.05) is 24.3 Å². The number of carbonyl (C=O) groups excluding carboxylic acids is 1. The molecule has 148 valence electrons. The highest BCUT2D eigenvalue weighted by Gasteiger charge is 2.26. The van der Waals surface area contributed by atoms with Crippen molar-refractivity contribution < 1.29 is 14.6 Å². The monoisotopic (exact) mass is 390 g/mol. The first kappa shape index (κ1) is 19.0. The largest absolute Gasteiger partial charge is 0.508 e. The summed E-state index contributed by atoms with van der Waals surface area (Å²) in [4.78, 5) is 23.4. The normalized spacial score (nSPS) is 17.0. The molecule has 0 bridgehead atoms. The summed E-state index contributed by atoms with van der Waals surface area (Å²) in [6, 6.07) is 16.9. The van der Waals surface area contributed by atoms with Crippen LogP contribution in [0.5, 0.6) is 5.75 Å². The van der Waals surface area contributed by atoms with Gasteiger partial charge in [0.2, 0.25) is 0 Å². The van der Waals surface area contributed by atoms with E-state index in [1.165, 1.54) is 5.56 Å². The first-order chi connectivity index (χ1) is 14.2. The molecule has 1 fully saturated rings.